The fourth-order valence-corrected chi connectivity index (χ4v) is 9.79. The third-order valence-electron chi connectivity index (χ3n) is 11.9. The maximum Gasteiger partial charge on any atom is 0.407 e. The van der Waals surface area contributed by atoms with Crippen LogP contribution >= 0.6 is 11.8 Å². The number of nitro benzene ring substituents is 1. The third kappa shape index (κ3) is 16.0. The van der Waals surface area contributed by atoms with Gasteiger partial charge in [0, 0.05) is 88.9 Å². The van der Waals surface area contributed by atoms with E-state index in [0.717, 1.165) is 24.3 Å². The highest BCUT2D eigenvalue weighted by atomic mass is 32.2. The van der Waals surface area contributed by atoms with Gasteiger partial charge in [-0.25, -0.2) is 14.4 Å². The number of aliphatic hydroxyl groups excluding tert-OH is 4. The molecule has 0 spiro atoms. The van der Waals surface area contributed by atoms with Gasteiger partial charge in [0.1, 0.15) is 31.0 Å². The van der Waals surface area contributed by atoms with Gasteiger partial charge in [0.25, 0.3) is 0 Å². The number of aliphatic hydroxyl groups is 4. The molecule has 0 bridgehead atoms. The van der Waals surface area contributed by atoms with Crippen molar-refractivity contribution in [1.29, 1.82) is 0 Å². The number of nitro groups is 1. The normalized spacial score (nSPS) is 27.0. The Balaban J connectivity index is 1.13. The van der Waals surface area contributed by atoms with Gasteiger partial charge in [-0.2, -0.15) is 11.8 Å². The number of fused-ring (bicyclic) bond motifs is 1. The lowest BCUT2D eigenvalue weighted by Gasteiger charge is -2.39. The summed E-state index contributed by atoms with van der Waals surface area (Å²) in [5.41, 5.74) is -0.434. The predicted molar refractivity (Wildman–Crippen MR) is 235 cm³/mol. The first-order valence-electron chi connectivity index (χ1n) is 22.1. The van der Waals surface area contributed by atoms with Gasteiger partial charge in [-0.1, -0.05) is 12.5 Å². The molecule has 0 saturated carbocycles. The minimum Gasteiger partial charge on any atom is -0.480 e. The van der Waals surface area contributed by atoms with Crippen LogP contribution in [0.4, 0.5) is 15.3 Å². The SMILES string of the molecule is O=C(O)CN1CCN(CCNC(=O)OCc2ccc(OC3OC(CO)C(O)C(O)C3O)c([N+](=O)[O-])c2)CCN(CC(=O)O)CCN(C(NC(=O)CCCCC2SCC3NC(=O)NC32)C(=O)O)CC1. The molecule has 0 aromatic heterocycles. The molecule has 9 unspecified atom stereocenters. The van der Waals surface area contributed by atoms with Crippen LogP contribution in [-0.2, 0) is 35.3 Å². The molecule has 4 aliphatic rings. The summed E-state index contributed by atoms with van der Waals surface area (Å²) in [4.78, 5) is 91.5. The molecule has 4 heterocycles. The van der Waals surface area contributed by atoms with Crippen LogP contribution in [0, 0.1) is 10.1 Å². The lowest BCUT2D eigenvalue weighted by Crippen LogP contribution is -2.60. The number of rotatable bonds is 21. The van der Waals surface area contributed by atoms with E-state index in [1.165, 1.54) is 11.0 Å². The van der Waals surface area contributed by atoms with Crippen molar-refractivity contribution in [2.45, 2.75) is 86.5 Å². The molecule has 11 N–H and O–H groups in total. The molecular weight excluding hydrogens is 927 g/mol. The number of amides is 4. The van der Waals surface area contributed by atoms with Crippen LogP contribution in [0.1, 0.15) is 31.2 Å². The van der Waals surface area contributed by atoms with Crippen LogP contribution in [0.15, 0.2) is 18.2 Å². The zero-order valence-electron chi connectivity index (χ0n) is 37.1. The maximum absolute atomic E-state index is 13.1. The van der Waals surface area contributed by atoms with E-state index in [0.29, 0.717) is 12.8 Å². The first kappa shape index (κ1) is 53.8. The molecule has 4 saturated heterocycles. The first-order chi connectivity index (χ1) is 32.4. The van der Waals surface area contributed by atoms with E-state index in [1.54, 1.807) is 21.6 Å². The topological polar surface area (TPSA) is 376 Å². The standard InChI is InChI=1S/C40H61N9O18S/c50-20-27-33(56)34(57)35(58)38(67-27)66-26-6-5-23(17-25(26)49(63)64)21-65-40(62)41-7-8-45-9-11-46(18-30(52)53)13-15-48(16-14-47(12-10-45)19-31(54)55)36(37(59)60)43-29(51)4-2-1-3-28-32-24(22-68-28)42-39(61)44-32/h5-6,17,24,27-28,32-36,38,50,56-58H,1-4,7-16,18-22H2,(H,41,62)(H,43,51)(H,52,53)(H,54,55)(H,59,60)(H2,42,44,61). The van der Waals surface area contributed by atoms with E-state index >= 15 is 0 Å². The summed E-state index contributed by atoms with van der Waals surface area (Å²) in [6, 6.07) is 3.45. The zero-order valence-corrected chi connectivity index (χ0v) is 37.9. The van der Waals surface area contributed by atoms with Gasteiger partial charge in [0.2, 0.25) is 12.2 Å². The van der Waals surface area contributed by atoms with Gasteiger partial charge in [0.05, 0.1) is 36.7 Å². The van der Waals surface area contributed by atoms with Gasteiger partial charge in [-0.05, 0) is 24.5 Å². The number of unbranched alkanes of at least 4 members (excludes halogenated alkanes) is 1. The van der Waals surface area contributed by atoms with Crippen molar-refractivity contribution in [1.82, 2.24) is 40.9 Å². The number of alkyl carbamates (subject to hydrolysis) is 1. The Morgan fingerprint density at radius 2 is 1.54 bits per heavy atom. The second-order valence-electron chi connectivity index (χ2n) is 16.8. The van der Waals surface area contributed by atoms with Crippen LogP contribution in [-0.4, -0.2) is 241 Å². The molecule has 0 radical (unpaired) electrons. The van der Waals surface area contributed by atoms with E-state index < -0.39 is 90.6 Å². The number of hydrogen-bond acceptors (Lipinski definition) is 20. The summed E-state index contributed by atoms with van der Waals surface area (Å²) in [5, 5.41) is 92.5. The van der Waals surface area contributed by atoms with E-state index in [4.69, 9.17) is 14.2 Å². The van der Waals surface area contributed by atoms with Crippen LogP contribution < -0.4 is 26.0 Å². The van der Waals surface area contributed by atoms with Crippen LogP contribution in [0.3, 0.4) is 0 Å². The molecule has 9 atom stereocenters. The summed E-state index contributed by atoms with van der Waals surface area (Å²) < 4.78 is 16.0. The van der Waals surface area contributed by atoms with Crippen molar-refractivity contribution in [2.24, 2.45) is 0 Å². The summed E-state index contributed by atoms with van der Waals surface area (Å²) in [6.45, 7) is -0.646. The molecule has 4 amide bonds. The Morgan fingerprint density at radius 1 is 0.897 bits per heavy atom. The maximum atomic E-state index is 13.1. The fourth-order valence-electron chi connectivity index (χ4n) is 8.24. The van der Waals surface area contributed by atoms with Gasteiger partial charge in [0.15, 0.2) is 11.9 Å². The van der Waals surface area contributed by atoms with Crippen molar-refractivity contribution in [3.63, 3.8) is 0 Å². The third-order valence-corrected chi connectivity index (χ3v) is 13.5. The fraction of sp³-hybridized carbons (Fsp3) is 0.700. The number of thioether (sulfide) groups is 1. The Labute approximate surface area is 394 Å². The molecule has 4 fully saturated rings. The number of carbonyl (C=O) groups excluding carboxylic acids is 3. The highest BCUT2D eigenvalue weighted by Crippen LogP contribution is 2.34. The molecule has 1 aromatic rings. The van der Waals surface area contributed by atoms with E-state index in [2.05, 4.69) is 21.3 Å². The summed E-state index contributed by atoms with van der Waals surface area (Å²) in [7, 11) is 0. The Hall–Kier alpha value is -5.17. The molecule has 27 nitrogen and oxygen atoms in total. The molecule has 380 valence electrons. The minimum atomic E-state index is -1.82. The van der Waals surface area contributed by atoms with Gasteiger partial charge in [-0.3, -0.25) is 44.1 Å². The Kier molecular flexibility index (Phi) is 20.6. The predicted octanol–water partition coefficient (Wildman–Crippen LogP) is -3.36. The molecule has 1 aromatic carbocycles. The second kappa shape index (κ2) is 26.0. The van der Waals surface area contributed by atoms with Gasteiger partial charge in [-0.15, -0.1) is 0 Å². The lowest BCUT2D eigenvalue weighted by atomic mass is 9.99. The van der Waals surface area contributed by atoms with Crippen LogP contribution in [0.5, 0.6) is 5.75 Å². The number of benzene rings is 1. The van der Waals surface area contributed by atoms with E-state index in [9.17, 15) is 74.6 Å². The van der Waals surface area contributed by atoms with E-state index in [-0.39, 0.29) is 120 Å². The molecule has 5 rings (SSSR count). The Bertz CT molecular complexity index is 1890. The number of ether oxygens (including phenoxy) is 3. The number of nitrogens with one attached hydrogen (secondary N) is 4. The highest BCUT2D eigenvalue weighted by molar-refractivity contribution is 8.00. The molecule has 68 heavy (non-hydrogen) atoms. The largest absolute Gasteiger partial charge is 0.480 e. The monoisotopic (exact) mass is 987 g/mol. The smallest absolute Gasteiger partial charge is 0.407 e. The molecule has 4 aliphatic heterocycles. The van der Waals surface area contributed by atoms with Crippen molar-refractivity contribution in [2.75, 3.05) is 90.9 Å². The number of aliphatic carboxylic acids is 3. The van der Waals surface area contributed by atoms with Crippen LogP contribution in [0.25, 0.3) is 0 Å². The molecule has 28 heteroatoms. The number of hydrogen-bond donors (Lipinski definition) is 11. The van der Waals surface area contributed by atoms with E-state index in [1.807, 2.05) is 4.90 Å². The summed E-state index contributed by atoms with van der Waals surface area (Å²) in [6.07, 6.45) is -8.65. The highest BCUT2D eigenvalue weighted by Gasteiger charge is 2.46. The summed E-state index contributed by atoms with van der Waals surface area (Å²) >= 11 is 1.75. The van der Waals surface area contributed by atoms with Crippen LogP contribution in [0.2, 0.25) is 0 Å². The summed E-state index contributed by atoms with van der Waals surface area (Å²) in [5.74, 6) is -3.67. The van der Waals surface area contributed by atoms with Crippen molar-refractivity contribution < 1.29 is 83.6 Å². The molecule has 0 aliphatic carbocycles. The Morgan fingerprint density at radius 3 is 2.16 bits per heavy atom. The van der Waals surface area contributed by atoms with Gasteiger partial charge < -0.3 is 71.2 Å². The number of urea groups is 1. The average Bonchev–Trinajstić information content (AvgIpc) is 3.85. The van der Waals surface area contributed by atoms with Crippen molar-refractivity contribution >= 4 is 53.4 Å². The average molecular weight is 988 g/mol. The quantitative estimate of drug-likeness (QED) is 0.0248. The number of carbonyl (C=O) groups is 6. The molecular formula is C40H61N9O18S. The first-order valence-corrected chi connectivity index (χ1v) is 23.2. The zero-order chi connectivity index (χ0) is 49.5. The number of nitrogens with zero attached hydrogens (tertiary/aromatic N) is 5. The lowest BCUT2D eigenvalue weighted by molar-refractivity contribution is -0.387. The minimum absolute atomic E-state index is 0.0111. The van der Waals surface area contributed by atoms with Crippen molar-refractivity contribution in [3.8, 4) is 5.75 Å². The number of carboxylic acids is 3. The second-order valence-corrected chi connectivity index (χ2v) is 18.0. The van der Waals surface area contributed by atoms with Gasteiger partial charge >= 0.3 is 35.7 Å². The van der Waals surface area contributed by atoms with Crippen molar-refractivity contribution in [3.05, 3.63) is 33.9 Å². The number of carboxylic acid groups (broad SMARTS) is 3.